The van der Waals surface area contributed by atoms with Crippen LogP contribution >= 0.6 is 0 Å². The van der Waals surface area contributed by atoms with Gasteiger partial charge in [-0.1, -0.05) is 47.7 Å². The second-order valence-electron chi connectivity index (χ2n) is 4.24. The molecule has 0 spiro atoms. The van der Waals surface area contributed by atoms with Crippen LogP contribution in [0.3, 0.4) is 0 Å². The Morgan fingerprint density at radius 2 is 1.75 bits per heavy atom. The Bertz CT molecular complexity index is 791. The van der Waals surface area contributed by atoms with Gasteiger partial charge in [-0.2, -0.15) is 0 Å². The molecule has 0 fully saturated rings. The monoisotopic (exact) mass is 265 g/mol. The van der Waals surface area contributed by atoms with Crippen molar-refractivity contribution in [3.63, 3.8) is 0 Å². The first-order chi connectivity index (χ1) is 9.75. The van der Waals surface area contributed by atoms with Gasteiger partial charge in [-0.05, 0) is 23.8 Å². The van der Waals surface area contributed by atoms with Gasteiger partial charge in [0.25, 0.3) is 0 Å². The molecule has 1 N–H and O–H groups in total. The average molecular weight is 265 g/mol. The van der Waals surface area contributed by atoms with Crippen molar-refractivity contribution in [2.45, 2.75) is 0 Å². The number of nitrogens with zero attached hydrogens (tertiary/aromatic N) is 3. The first kappa shape index (κ1) is 12.1. The highest BCUT2D eigenvalue weighted by Crippen LogP contribution is 2.17. The molecule has 0 bridgehead atoms. The number of hydrogen-bond acceptors (Lipinski definition) is 3. The number of hydrogen-bond donors (Lipinski definition) is 1. The molecule has 3 aromatic rings. The van der Waals surface area contributed by atoms with Crippen molar-refractivity contribution in [2.75, 3.05) is 0 Å². The smallest absolute Gasteiger partial charge is 0.354 e. The molecule has 0 atom stereocenters. The van der Waals surface area contributed by atoms with E-state index in [-0.39, 0.29) is 5.70 Å². The number of benzene rings is 2. The van der Waals surface area contributed by atoms with Gasteiger partial charge in [-0.25, -0.2) is 9.48 Å². The number of aliphatic carboxylic acids is 1. The highest BCUT2D eigenvalue weighted by molar-refractivity contribution is 6.15. The molecule has 1 aromatic heterocycles. The van der Waals surface area contributed by atoms with Gasteiger partial charge >= 0.3 is 5.97 Å². The standard InChI is InChI=1S/C15H11N3O2/c19-15(20)14(10-11-6-2-1-3-7-11)18-13-9-5-4-8-12(13)16-17-18/h1-10H,(H,19,20)/b14-10-. The van der Waals surface area contributed by atoms with Crippen LogP contribution in [0.1, 0.15) is 5.56 Å². The maximum atomic E-state index is 11.5. The predicted molar refractivity (Wildman–Crippen MR) is 75.8 cm³/mol. The molecule has 0 aliphatic rings. The maximum absolute atomic E-state index is 11.5. The zero-order chi connectivity index (χ0) is 13.9. The van der Waals surface area contributed by atoms with Crippen LogP contribution < -0.4 is 0 Å². The Labute approximate surface area is 114 Å². The van der Waals surface area contributed by atoms with Crippen molar-refractivity contribution in [2.24, 2.45) is 0 Å². The number of carbonyl (C=O) groups is 1. The summed E-state index contributed by atoms with van der Waals surface area (Å²) in [6.45, 7) is 0. The lowest BCUT2D eigenvalue weighted by Gasteiger charge is -2.03. The Morgan fingerprint density at radius 3 is 2.50 bits per heavy atom. The first-order valence-electron chi connectivity index (χ1n) is 6.06. The summed E-state index contributed by atoms with van der Waals surface area (Å²) in [5, 5.41) is 17.3. The van der Waals surface area contributed by atoms with Crippen LogP contribution in [0.15, 0.2) is 54.6 Å². The summed E-state index contributed by atoms with van der Waals surface area (Å²) < 4.78 is 1.34. The van der Waals surface area contributed by atoms with E-state index in [0.29, 0.717) is 11.0 Å². The molecular weight excluding hydrogens is 254 g/mol. The second-order valence-corrected chi connectivity index (χ2v) is 4.24. The number of carboxylic acids is 1. The van der Waals surface area contributed by atoms with Gasteiger partial charge < -0.3 is 5.11 Å². The lowest BCUT2D eigenvalue weighted by atomic mass is 10.2. The summed E-state index contributed by atoms with van der Waals surface area (Å²) in [6.07, 6.45) is 1.57. The van der Waals surface area contributed by atoms with Crippen molar-refractivity contribution in [3.8, 4) is 0 Å². The third-order valence-electron chi connectivity index (χ3n) is 2.90. The highest BCUT2D eigenvalue weighted by Gasteiger charge is 2.14. The molecule has 3 rings (SSSR count). The Balaban J connectivity index is 2.17. The molecule has 0 unspecified atom stereocenters. The van der Waals surface area contributed by atoms with E-state index >= 15 is 0 Å². The topological polar surface area (TPSA) is 68.0 Å². The largest absolute Gasteiger partial charge is 0.477 e. The number of rotatable bonds is 3. The van der Waals surface area contributed by atoms with Gasteiger partial charge in [-0.15, -0.1) is 5.10 Å². The number of fused-ring (bicyclic) bond motifs is 1. The Hall–Kier alpha value is -2.95. The number of para-hydroxylation sites is 1. The molecule has 0 saturated carbocycles. The first-order valence-corrected chi connectivity index (χ1v) is 6.06. The van der Waals surface area contributed by atoms with E-state index in [2.05, 4.69) is 10.3 Å². The fourth-order valence-corrected chi connectivity index (χ4v) is 1.97. The molecule has 0 saturated heterocycles. The van der Waals surface area contributed by atoms with Gasteiger partial charge in [0.1, 0.15) is 5.52 Å². The second kappa shape index (κ2) is 4.97. The lowest BCUT2D eigenvalue weighted by Crippen LogP contribution is -2.09. The van der Waals surface area contributed by atoms with Crippen molar-refractivity contribution in [1.82, 2.24) is 15.0 Å². The van der Waals surface area contributed by atoms with Crippen molar-refractivity contribution in [3.05, 3.63) is 60.2 Å². The van der Waals surface area contributed by atoms with Crippen LogP contribution in [0.5, 0.6) is 0 Å². The van der Waals surface area contributed by atoms with Crippen LogP contribution in [0.25, 0.3) is 22.8 Å². The molecule has 0 amide bonds. The van der Waals surface area contributed by atoms with E-state index in [1.165, 1.54) is 4.68 Å². The van der Waals surface area contributed by atoms with E-state index in [1.54, 1.807) is 18.2 Å². The van der Waals surface area contributed by atoms with Gasteiger partial charge in [0.05, 0.1) is 5.52 Å². The van der Waals surface area contributed by atoms with E-state index in [4.69, 9.17) is 0 Å². The summed E-state index contributed by atoms with van der Waals surface area (Å²) in [7, 11) is 0. The van der Waals surface area contributed by atoms with E-state index in [1.807, 2.05) is 42.5 Å². The summed E-state index contributed by atoms with van der Waals surface area (Å²) in [6, 6.07) is 16.5. The highest BCUT2D eigenvalue weighted by atomic mass is 16.4. The van der Waals surface area contributed by atoms with Gasteiger partial charge in [-0.3, -0.25) is 0 Å². The van der Waals surface area contributed by atoms with Crippen LogP contribution in [-0.4, -0.2) is 26.1 Å². The molecule has 0 aliphatic carbocycles. The third kappa shape index (κ3) is 2.16. The summed E-state index contributed by atoms with van der Waals surface area (Å²) in [5.74, 6) is -1.05. The van der Waals surface area contributed by atoms with Crippen molar-refractivity contribution < 1.29 is 9.90 Å². The molecular formula is C15H11N3O2. The van der Waals surface area contributed by atoms with Gasteiger partial charge in [0.2, 0.25) is 0 Å². The summed E-state index contributed by atoms with van der Waals surface area (Å²) in [5.41, 5.74) is 2.18. The fourth-order valence-electron chi connectivity index (χ4n) is 1.97. The van der Waals surface area contributed by atoms with Crippen molar-refractivity contribution in [1.29, 1.82) is 0 Å². The van der Waals surface area contributed by atoms with Gasteiger partial charge in [0.15, 0.2) is 5.70 Å². The van der Waals surface area contributed by atoms with E-state index in [0.717, 1.165) is 5.56 Å². The zero-order valence-electron chi connectivity index (χ0n) is 10.5. The zero-order valence-corrected chi connectivity index (χ0v) is 10.5. The lowest BCUT2D eigenvalue weighted by molar-refractivity contribution is -0.130. The molecule has 20 heavy (non-hydrogen) atoms. The molecule has 5 nitrogen and oxygen atoms in total. The Kier molecular flexibility index (Phi) is 3.01. The van der Waals surface area contributed by atoms with Crippen LogP contribution in [0.4, 0.5) is 0 Å². The van der Waals surface area contributed by atoms with E-state index < -0.39 is 5.97 Å². The predicted octanol–water partition coefficient (Wildman–Crippen LogP) is 2.51. The molecule has 98 valence electrons. The SMILES string of the molecule is O=C(O)/C(=C/c1ccccc1)n1nnc2ccccc21. The maximum Gasteiger partial charge on any atom is 0.354 e. The minimum Gasteiger partial charge on any atom is -0.477 e. The molecule has 1 heterocycles. The average Bonchev–Trinajstić information content (AvgIpc) is 2.89. The fraction of sp³-hybridized carbons (Fsp3) is 0. The molecule has 0 radical (unpaired) electrons. The van der Waals surface area contributed by atoms with Crippen LogP contribution in [0, 0.1) is 0 Å². The molecule has 2 aromatic carbocycles. The number of aromatic nitrogens is 3. The van der Waals surface area contributed by atoms with Gasteiger partial charge in [0, 0.05) is 0 Å². The molecule has 5 heteroatoms. The normalized spacial score (nSPS) is 11.7. The minimum absolute atomic E-state index is 0.0601. The summed E-state index contributed by atoms with van der Waals surface area (Å²) >= 11 is 0. The number of carboxylic acid groups (broad SMARTS) is 1. The minimum atomic E-state index is -1.05. The summed E-state index contributed by atoms with van der Waals surface area (Å²) in [4.78, 5) is 11.5. The quantitative estimate of drug-likeness (QED) is 0.739. The third-order valence-corrected chi connectivity index (χ3v) is 2.90. The van der Waals surface area contributed by atoms with Crippen LogP contribution in [0.2, 0.25) is 0 Å². The molecule has 0 aliphatic heterocycles. The Morgan fingerprint density at radius 1 is 1.05 bits per heavy atom. The van der Waals surface area contributed by atoms with Crippen molar-refractivity contribution >= 4 is 28.8 Å². The van der Waals surface area contributed by atoms with Crippen LogP contribution in [-0.2, 0) is 4.79 Å². The van der Waals surface area contributed by atoms with E-state index in [9.17, 15) is 9.90 Å².